The van der Waals surface area contributed by atoms with Crippen LogP contribution >= 0.6 is 15.9 Å². The molecule has 1 aromatic carbocycles. The van der Waals surface area contributed by atoms with E-state index in [9.17, 15) is 9.59 Å². The molecule has 0 aromatic heterocycles. The predicted octanol–water partition coefficient (Wildman–Crippen LogP) is 3.54. The molecule has 0 aliphatic carbocycles. The van der Waals surface area contributed by atoms with Crippen LogP contribution < -0.4 is 9.47 Å². The van der Waals surface area contributed by atoms with Crippen LogP contribution in [0, 0.1) is 5.41 Å². The molecule has 0 spiro atoms. The van der Waals surface area contributed by atoms with Crippen molar-refractivity contribution in [3.05, 3.63) is 22.2 Å². The van der Waals surface area contributed by atoms with Crippen molar-refractivity contribution in [3.63, 3.8) is 0 Å². The fourth-order valence-corrected chi connectivity index (χ4v) is 2.79. The zero-order valence-electron chi connectivity index (χ0n) is 12.5. The van der Waals surface area contributed by atoms with Gasteiger partial charge in [-0.3, -0.25) is 9.59 Å². The molecule has 0 saturated carbocycles. The molecule has 0 saturated heterocycles. The Bertz CT molecular complexity index is 551. The van der Waals surface area contributed by atoms with E-state index in [1.807, 2.05) is 0 Å². The highest BCUT2D eigenvalue weighted by molar-refractivity contribution is 9.10. The molecule has 0 atom stereocenters. The number of Topliss-reactive ketones (excluding diaryl/α,β-unsaturated/α-hetero) is 1. The first-order chi connectivity index (χ1) is 9.71. The van der Waals surface area contributed by atoms with Gasteiger partial charge in [0.05, 0.1) is 26.2 Å². The van der Waals surface area contributed by atoms with Gasteiger partial charge in [-0.25, -0.2) is 0 Å². The third-order valence-electron chi connectivity index (χ3n) is 3.06. The van der Waals surface area contributed by atoms with E-state index in [0.29, 0.717) is 21.5 Å². The van der Waals surface area contributed by atoms with Crippen molar-refractivity contribution in [2.24, 2.45) is 5.41 Å². The van der Waals surface area contributed by atoms with Gasteiger partial charge in [0.15, 0.2) is 5.78 Å². The van der Waals surface area contributed by atoms with Crippen LogP contribution in [0.5, 0.6) is 11.5 Å². The molecule has 1 rings (SSSR count). The molecular formula is C15H19BrO5. The Kier molecular flexibility index (Phi) is 5.78. The van der Waals surface area contributed by atoms with Crippen LogP contribution in [-0.2, 0) is 4.79 Å². The molecule has 0 heterocycles. The highest BCUT2D eigenvalue weighted by Crippen LogP contribution is 2.39. The molecule has 0 radical (unpaired) electrons. The molecule has 0 aliphatic rings. The maximum atomic E-state index is 12.4. The van der Waals surface area contributed by atoms with Crippen molar-refractivity contribution in [1.29, 1.82) is 0 Å². The summed E-state index contributed by atoms with van der Waals surface area (Å²) >= 11 is 3.34. The van der Waals surface area contributed by atoms with E-state index in [0.717, 1.165) is 0 Å². The van der Waals surface area contributed by atoms with Gasteiger partial charge in [-0.2, -0.15) is 0 Å². The zero-order chi connectivity index (χ0) is 16.2. The standard InChI is InChI=1S/C15H19BrO5/c1-15(2,8-12(18)19)7-10(17)9-5-6-11(20-3)13(16)14(9)21-4/h5-6H,7-8H2,1-4H3,(H,18,19). The lowest BCUT2D eigenvalue weighted by Crippen LogP contribution is -2.21. The number of hydrogen-bond acceptors (Lipinski definition) is 4. The van der Waals surface area contributed by atoms with Crippen molar-refractivity contribution < 1.29 is 24.2 Å². The molecule has 0 amide bonds. The average molecular weight is 359 g/mol. The van der Waals surface area contributed by atoms with E-state index in [1.54, 1.807) is 26.0 Å². The van der Waals surface area contributed by atoms with Crippen LogP contribution in [0.15, 0.2) is 16.6 Å². The number of aliphatic carboxylic acids is 1. The van der Waals surface area contributed by atoms with Crippen LogP contribution in [0.3, 0.4) is 0 Å². The topological polar surface area (TPSA) is 72.8 Å². The Balaban J connectivity index is 3.08. The van der Waals surface area contributed by atoms with Gasteiger partial charge in [0.25, 0.3) is 0 Å². The van der Waals surface area contributed by atoms with E-state index in [2.05, 4.69) is 15.9 Å². The molecular weight excluding hydrogens is 340 g/mol. The number of carboxylic acids is 1. The number of methoxy groups -OCH3 is 2. The Hall–Kier alpha value is -1.56. The minimum Gasteiger partial charge on any atom is -0.495 e. The number of carbonyl (C=O) groups is 2. The first-order valence-electron chi connectivity index (χ1n) is 6.37. The molecule has 1 N–H and O–H groups in total. The first kappa shape index (κ1) is 17.5. The van der Waals surface area contributed by atoms with Crippen molar-refractivity contribution in [2.45, 2.75) is 26.7 Å². The number of carbonyl (C=O) groups excluding carboxylic acids is 1. The summed E-state index contributed by atoms with van der Waals surface area (Å²) in [4.78, 5) is 23.3. The molecule has 21 heavy (non-hydrogen) atoms. The van der Waals surface area contributed by atoms with Crippen LogP contribution in [0.2, 0.25) is 0 Å². The van der Waals surface area contributed by atoms with Crippen LogP contribution in [0.4, 0.5) is 0 Å². The summed E-state index contributed by atoms with van der Waals surface area (Å²) < 4.78 is 11.0. The van der Waals surface area contributed by atoms with Gasteiger partial charge in [0, 0.05) is 6.42 Å². The Labute approximate surface area is 132 Å². The Morgan fingerprint density at radius 1 is 1.19 bits per heavy atom. The van der Waals surface area contributed by atoms with E-state index >= 15 is 0 Å². The second-order valence-electron chi connectivity index (χ2n) is 5.50. The quantitative estimate of drug-likeness (QED) is 0.754. The predicted molar refractivity (Wildman–Crippen MR) is 82.2 cm³/mol. The number of rotatable bonds is 7. The van der Waals surface area contributed by atoms with Gasteiger partial charge in [-0.05, 0) is 33.5 Å². The van der Waals surface area contributed by atoms with Crippen LogP contribution in [0.1, 0.15) is 37.0 Å². The molecule has 116 valence electrons. The van der Waals surface area contributed by atoms with Gasteiger partial charge in [-0.15, -0.1) is 0 Å². The van der Waals surface area contributed by atoms with E-state index in [4.69, 9.17) is 14.6 Å². The smallest absolute Gasteiger partial charge is 0.303 e. The van der Waals surface area contributed by atoms with Crippen LogP contribution in [-0.4, -0.2) is 31.1 Å². The SMILES string of the molecule is COc1ccc(C(=O)CC(C)(C)CC(=O)O)c(OC)c1Br. The van der Waals surface area contributed by atoms with Gasteiger partial charge in [0.1, 0.15) is 16.0 Å². The molecule has 1 aromatic rings. The van der Waals surface area contributed by atoms with Gasteiger partial charge in [0.2, 0.25) is 0 Å². The van der Waals surface area contributed by atoms with E-state index in [1.165, 1.54) is 14.2 Å². The van der Waals surface area contributed by atoms with Crippen molar-refractivity contribution in [3.8, 4) is 11.5 Å². The lowest BCUT2D eigenvalue weighted by molar-refractivity contribution is -0.139. The maximum Gasteiger partial charge on any atom is 0.303 e. The second kappa shape index (κ2) is 6.93. The minimum absolute atomic E-state index is 0.0711. The van der Waals surface area contributed by atoms with E-state index in [-0.39, 0.29) is 18.6 Å². The Morgan fingerprint density at radius 3 is 2.29 bits per heavy atom. The number of ether oxygens (including phenoxy) is 2. The highest BCUT2D eigenvalue weighted by Gasteiger charge is 2.28. The van der Waals surface area contributed by atoms with Crippen LogP contribution in [0.25, 0.3) is 0 Å². The molecule has 5 nitrogen and oxygen atoms in total. The third-order valence-corrected chi connectivity index (χ3v) is 3.81. The molecule has 0 bridgehead atoms. The second-order valence-corrected chi connectivity index (χ2v) is 6.29. The van der Waals surface area contributed by atoms with Gasteiger partial charge >= 0.3 is 5.97 Å². The summed E-state index contributed by atoms with van der Waals surface area (Å²) in [7, 11) is 3.00. The molecule has 0 fully saturated rings. The Morgan fingerprint density at radius 2 is 1.81 bits per heavy atom. The number of ketones is 1. The number of benzene rings is 1. The normalized spacial score (nSPS) is 11.1. The summed E-state index contributed by atoms with van der Waals surface area (Å²) in [6, 6.07) is 3.30. The largest absolute Gasteiger partial charge is 0.495 e. The summed E-state index contributed by atoms with van der Waals surface area (Å²) in [6.07, 6.45) is 0.0484. The number of halogens is 1. The van der Waals surface area contributed by atoms with Crippen molar-refractivity contribution >= 4 is 27.7 Å². The third kappa shape index (κ3) is 4.46. The summed E-state index contributed by atoms with van der Waals surface area (Å²) in [5.41, 5.74) is -0.219. The monoisotopic (exact) mass is 358 g/mol. The number of hydrogen-bond donors (Lipinski definition) is 1. The van der Waals surface area contributed by atoms with E-state index < -0.39 is 11.4 Å². The summed E-state index contributed by atoms with van der Waals surface area (Å²) in [6.45, 7) is 3.51. The van der Waals surface area contributed by atoms with Crippen molar-refractivity contribution in [1.82, 2.24) is 0 Å². The molecule has 0 aliphatic heterocycles. The van der Waals surface area contributed by atoms with Gasteiger partial charge < -0.3 is 14.6 Å². The highest BCUT2D eigenvalue weighted by atomic mass is 79.9. The van der Waals surface area contributed by atoms with Gasteiger partial charge in [-0.1, -0.05) is 13.8 Å². The zero-order valence-corrected chi connectivity index (χ0v) is 14.1. The average Bonchev–Trinajstić information content (AvgIpc) is 2.35. The fourth-order valence-electron chi connectivity index (χ4n) is 2.12. The lowest BCUT2D eigenvalue weighted by Gasteiger charge is -2.22. The summed E-state index contributed by atoms with van der Waals surface area (Å²) in [5, 5.41) is 8.89. The molecule has 0 unspecified atom stereocenters. The lowest BCUT2D eigenvalue weighted by atomic mass is 9.82. The molecule has 6 heteroatoms. The van der Waals surface area contributed by atoms with Crippen molar-refractivity contribution in [2.75, 3.05) is 14.2 Å². The minimum atomic E-state index is -0.921. The summed E-state index contributed by atoms with van der Waals surface area (Å²) in [5.74, 6) is -0.129. The first-order valence-corrected chi connectivity index (χ1v) is 7.16. The fraction of sp³-hybridized carbons (Fsp3) is 0.467. The maximum absolute atomic E-state index is 12.4. The number of carboxylic acid groups (broad SMARTS) is 1.